The minimum atomic E-state index is -3.64. The van der Waals surface area contributed by atoms with E-state index in [0.29, 0.717) is 30.2 Å². The molecule has 0 unspecified atom stereocenters. The Morgan fingerprint density at radius 1 is 1.03 bits per heavy atom. The number of aromatic nitrogens is 1. The van der Waals surface area contributed by atoms with Gasteiger partial charge >= 0.3 is 0 Å². The molecule has 0 atom stereocenters. The van der Waals surface area contributed by atoms with Gasteiger partial charge in [0.25, 0.3) is 5.91 Å². The van der Waals surface area contributed by atoms with Crippen molar-refractivity contribution in [1.82, 2.24) is 9.29 Å². The first kappa shape index (κ1) is 20.8. The minimum absolute atomic E-state index is 0.184. The van der Waals surface area contributed by atoms with Crippen LogP contribution in [0.3, 0.4) is 0 Å². The Hall–Kier alpha value is -3.07. The molecule has 1 aliphatic heterocycles. The summed E-state index contributed by atoms with van der Waals surface area (Å²) in [5.41, 5.74) is 4.57. The van der Waals surface area contributed by atoms with Crippen LogP contribution < -0.4 is 5.32 Å². The Balaban J connectivity index is 1.32. The van der Waals surface area contributed by atoms with E-state index < -0.39 is 10.0 Å². The van der Waals surface area contributed by atoms with Crippen molar-refractivity contribution in [2.24, 2.45) is 0 Å². The summed E-state index contributed by atoms with van der Waals surface area (Å²) in [5, 5.41) is 3.32. The Labute approximate surface area is 190 Å². The molecule has 162 valence electrons. The van der Waals surface area contributed by atoms with Gasteiger partial charge in [-0.25, -0.2) is 13.4 Å². The van der Waals surface area contributed by atoms with Crippen LogP contribution in [0.4, 0.5) is 5.13 Å². The molecule has 8 heteroatoms. The van der Waals surface area contributed by atoms with Crippen molar-refractivity contribution >= 4 is 42.6 Å². The topological polar surface area (TPSA) is 79.4 Å². The molecule has 32 heavy (non-hydrogen) atoms. The zero-order chi connectivity index (χ0) is 22.3. The monoisotopic (exact) mass is 463 g/mol. The van der Waals surface area contributed by atoms with Crippen LogP contribution in [0, 0.1) is 6.92 Å². The maximum absolute atomic E-state index is 13.1. The van der Waals surface area contributed by atoms with Crippen molar-refractivity contribution in [1.29, 1.82) is 0 Å². The van der Waals surface area contributed by atoms with Crippen molar-refractivity contribution in [3.8, 4) is 0 Å². The number of fused-ring (bicyclic) bond motifs is 2. The lowest BCUT2D eigenvalue weighted by Gasteiger charge is -2.28. The number of anilines is 1. The zero-order valence-electron chi connectivity index (χ0n) is 17.4. The van der Waals surface area contributed by atoms with Crippen LogP contribution in [0.25, 0.3) is 10.2 Å². The average Bonchev–Trinajstić information content (AvgIpc) is 3.20. The van der Waals surface area contributed by atoms with E-state index in [1.165, 1.54) is 45.5 Å². The highest BCUT2D eigenvalue weighted by molar-refractivity contribution is 7.89. The second-order valence-corrected chi connectivity index (χ2v) is 10.8. The highest BCUT2D eigenvalue weighted by Gasteiger charge is 2.28. The second kappa shape index (κ2) is 8.12. The number of carbonyl (C=O) groups is 1. The standard InChI is InChI=1S/C24H21N3O3S2/c1-16-6-11-21-22(14-16)31-24(25-21)26-23(28)18-7-9-20(10-8-18)32(29,30)27-13-12-17-4-2-3-5-19(17)15-27/h2-11,14H,12-13,15H2,1H3,(H,25,26,28). The Morgan fingerprint density at radius 3 is 2.56 bits per heavy atom. The maximum atomic E-state index is 13.1. The van der Waals surface area contributed by atoms with Gasteiger partial charge in [0.2, 0.25) is 10.0 Å². The molecule has 1 amide bonds. The first-order chi connectivity index (χ1) is 15.4. The van der Waals surface area contributed by atoms with E-state index in [0.717, 1.165) is 21.3 Å². The number of hydrogen-bond donors (Lipinski definition) is 1. The quantitative estimate of drug-likeness (QED) is 0.480. The molecular formula is C24H21N3O3S2. The van der Waals surface area contributed by atoms with Gasteiger partial charge in [0, 0.05) is 18.7 Å². The summed E-state index contributed by atoms with van der Waals surface area (Å²) in [6.45, 7) is 2.81. The van der Waals surface area contributed by atoms with E-state index in [-0.39, 0.29) is 10.8 Å². The normalized spacial score (nSPS) is 14.3. The Morgan fingerprint density at radius 2 is 1.78 bits per heavy atom. The minimum Gasteiger partial charge on any atom is -0.298 e. The van der Waals surface area contributed by atoms with Crippen molar-refractivity contribution < 1.29 is 13.2 Å². The Bertz CT molecular complexity index is 1430. The molecule has 0 saturated heterocycles. The van der Waals surface area contributed by atoms with Gasteiger partial charge in [-0.2, -0.15) is 4.31 Å². The predicted molar refractivity (Wildman–Crippen MR) is 126 cm³/mol. The molecule has 6 nitrogen and oxygen atoms in total. The van der Waals surface area contributed by atoms with Crippen LogP contribution in [-0.2, 0) is 23.0 Å². The molecule has 0 bridgehead atoms. The van der Waals surface area contributed by atoms with Gasteiger partial charge in [-0.1, -0.05) is 41.7 Å². The van der Waals surface area contributed by atoms with E-state index in [1.807, 2.05) is 49.4 Å². The summed E-state index contributed by atoms with van der Waals surface area (Å²) in [4.78, 5) is 17.3. The highest BCUT2D eigenvalue weighted by atomic mass is 32.2. The van der Waals surface area contributed by atoms with E-state index in [2.05, 4.69) is 10.3 Å². The van der Waals surface area contributed by atoms with E-state index in [9.17, 15) is 13.2 Å². The predicted octanol–water partition coefficient (Wildman–Crippen LogP) is 4.60. The van der Waals surface area contributed by atoms with Gasteiger partial charge in [-0.3, -0.25) is 10.1 Å². The van der Waals surface area contributed by atoms with E-state index in [1.54, 1.807) is 0 Å². The fraction of sp³-hybridized carbons (Fsp3) is 0.167. The van der Waals surface area contributed by atoms with Crippen molar-refractivity contribution in [2.45, 2.75) is 24.8 Å². The molecule has 1 aliphatic rings. The van der Waals surface area contributed by atoms with Crippen LogP contribution in [0.15, 0.2) is 71.6 Å². The third-order valence-electron chi connectivity index (χ3n) is 5.61. The van der Waals surface area contributed by atoms with Gasteiger partial charge in [-0.15, -0.1) is 0 Å². The van der Waals surface area contributed by atoms with Gasteiger partial charge < -0.3 is 0 Å². The number of thiazole rings is 1. The van der Waals surface area contributed by atoms with Gasteiger partial charge in [0.15, 0.2) is 5.13 Å². The molecule has 2 heterocycles. The summed E-state index contributed by atoms with van der Waals surface area (Å²) in [6, 6.07) is 19.9. The van der Waals surface area contributed by atoms with Crippen LogP contribution in [0.1, 0.15) is 27.0 Å². The molecule has 0 aliphatic carbocycles. The second-order valence-electron chi connectivity index (χ2n) is 7.83. The molecule has 0 saturated carbocycles. The van der Waals surface area contributed by atoms with Gasteiger partial charge in [-0.05, 0) is 66.4 Å². The third-order valence-corrected chi connectivity index (χ3v) is 8.41. The van der Waals surface area contributed by atoms with Crippen molar-refractivity contribution in [3.63, 3.8) is 0 Å². The molecular weight excluding hydrogens is 442 g/mol. The lowest BCUT2D eigenvalue weighted by atomic mass is 10.0. The van der Waals surface area contributed by atoms with Crippen LogP contribution >= 0.6 is 11.3 Å². The first-order valence-corrected chi connectivity index (χ1v) is 12.5. The Kier molecular flexibility index (Phi) is 5.28. The smallest absolute Gasteiger partial charge is 0.257 e. The molecule has 0 fully saturated rings. The fourth-order valence-electron chi connectivity index (χ4n) is 3.86. The number of nitrogens with zero attached hydrogens (tertiary/aromatic N) is 2. The van der Waals surface area contributed by atoms with Crippen molar-refractivity contribution in [2.75, 3.05) is 11.9 Å². The maximum Gasteiger partial charge on any atom is 0.257 e. The summed E-state index contributed by atoms with van der Waals surface area (Å²) in [7, 11) is -3.64. The van der Waals surface area contributed by atoms with Crippen LogP contribution in [0.2, 0.25) is 0 Å². The van der Waals surface area contributed by atoms with Gasteiger partial charge in [0.1, 0.15) is 0 Å². The van der Waals surface area contributed by atoms with Crippen LogP contribution in [-0.4, -0.2) is 30.2 Å². The molecule has 3 aromatic carbocycles. The molecule has 4 aromatic rings. The number of aryl methyl sites for hydroxylation is 1. The molecule has 0 spiro atoms. The number of amides is 1. The number of rotatable bonds is 4. The number of hydrogen-bond acceptors (Lipinski definition) is 5. The summed E-state index contributed by atoms with van der Waals surface area (Å²) >= 11 is 1.41. The molecule has 1 aromatic heterocycles. The highest BCUT2D eigenvalue weighted by Crippen LogP contribution is 2.28. The fourth-order valence-corrected chi connectivity index (χ4v) is 6.23. The lowest BCUT2D eigenvalue weighted by Crippen LogP contribution is -2.35. The SMILES string of the molecule is Cc1ccc2nc(NC(=O)c3ccc(S(=O)(=O)N4CCc5ccccc5C4)cc3)sc2c1. The lowest BCUT2D eigenvalue weighted by molar-refractivity contribution is 0.102. The number of carbonyl (C=O) groups excluding carboxylic acids is 1. The largest absolute Gasteiger partial charge is 0.298 e. The summed E-state index contributed by atoms with van der Waals surface area (Å²) in [5.74, 6) is -0.323. The van der Waals surface area contributed by atoms with Crippen molar-refractivity contribution in [3.05, 3.63) is 89.0 Å². The summed E-state index contributed by atoms with van der Waals surface area (Å²) in [6.07, 6.45) is 0.692. The average molecular weight is 464 g/mol. The summed E-state index contributed by atoms with van der Waals surface area (Å²) < 4.78 is 28.7. The zero-order valence-corrected chi connectivity index (χ0v) is 19.0. The van der Waals surface area contributed by atoms with E-state index in [4.69, 9.17) is 0 Å². The number of nitrogens with one attached hydrogen (secondary N) is 1. The number of sulfonamides is 1. The van der Waals surface area contributed by atoms with Crippen LogP contribution in [0.5, 0.6) is 0 Å². The molecule has 0 radical (unpaired) electrons. The number of benzene rings is 3. The first-order valence-electron chi connectivity index (χ1n) is 10.3. The molecule has 1 N–H and O–H groups in total. The third kappa shape index (κ3) is 3.92. The van der Waals surface area contributed by atoms with E-state index >= 15 is 0 Å². The van der Waals surface area contributed by atoms with Gasteiger partial charge in [0.05, 0.1) is 15.1 Å². The molecule has 5 rings (SSSR count).